The molecule has 0 saturated carbocycles. The molecule has 0 spiro atoms. The van der Waals surface area contributed by atoms with Gasteiger partial charge in [0, 0.05) is 31.4 Å². The van der Waals surface area contributed by atoms with Crippen molar-refractivity contribution in [1.29, 1.82) is 0 Å². The van der Waals surface area contributed by atoms with E-state index in [9.17, 15) is 0 Å². The lowest BCUT2D eigenvalue weighted by atomic mass is 10.0. The number of aryl methyl sites for hydroxylation is 2. The molecule has 4 heteroatoms. The predicted molar refractivity (Wildman–Crippen MR) is 76.3 cm³/mol. The van der Waals surface area contributed by atoms with Crippen LogP contribution in [0.5, 0.6) is 5.75 Å². The fourth-order valence-electron chi connectivity index (χ4n) is 2.20. The van der Waals surface area contributed by atoms with E-state index < -0.39 is 0 Å². The number of hydrogen-bond donors (Lipinski definition) is 1. The first-order valence-electron chi connectivity index (χ1n) is 6.55. The van der Waals surface area contributed by atoms with Crippen molar-refractivity contribution in [3.63, 3.8) is 0 Å². The van der Waals surface area contributed by atoms with Crippen molar-refractivity contribution in [3.05, 3.63) is 47.5 Å². The Morgan fingerprint density at radius 3 is 2.89 bits per heavy atom. The number of nitrogens with zero attached hydrogens (tertiary/aromatic N) is 2. The highest BCUT2D eigenvalue weighted by molar-refractivity contribution is 5.38. The van der Waals surface area contributed by atoms with E-state index in [1.54, 1.807) is 7.11 Å². The Kier molecular flexibility index (Phi) is 4.22. The maximum Gasteiger partial charge on any atom is 0.122 e. The molecule has 1 unspecified atom stereocenters. The van der Waals surface area contributed by atoms with Crippen LogP contribution in [0.3, 0.4) is 0 Å². The Morgan fingerprint density at radius 2 is 2.21 bits per heavy atom. The van der Waals surface area contributed by atoms with Crippen molar-refractivity contribution in [1.82, 2.24) is 9.55 Å². The lowest BCUT2D eigenvalue weighted by Crippen LogP contribution is -2.16. The van der Waals surface area contributed by atoms with Gasteiger partial charge in [0.1, 0.15) is 11.6 Å². The quantitative estimate of drug-likeness (QED) is 0.897. The van der Waals surface area contributed by atoms with E-state index in [4.69, 9.17) is 10.5 Å². The second kappa shape index (κ2) is 5.89. The van der Waals surface area contributed by atoms with Crippen LogP contribution in [0, 0.1) is 6.92 Å². The van der Waals surface area contributed by atoms with Gasteiger partial charge in [0.25, 0.3) is 0 Å². The Bertz CT molecular complexity index is 548. The number of benzene rings is 1. The summed E-state index contributed by atoms with van der Waals surface area (Å²) in [5, 5.41) is 0. The summed E-state index contributed by atoms with van der Waals surface area (Å²) in [6.45, 7) is 5.04. The lowest BCUT2D eigenvalue weighted by Gasteiger charge is -2.15. The van der Waals surface area contributed by atoms with Crippen molar-refractivity contribution in [2.45, 2.75) is 32.9 Å². The van der Waals surface area contributed by atoms with Crippen LogP contribution in [0.15, 0.2) is 30.6 Å². The average Bonchev–Trinajstić information content (AvgIpc) is 2.86. The summed E-state index contributed by atoms with van der Waals surface area (Å²) in [5.41, 5.74) is 8.47. The van der Waals surface area contributed by atoms with Gasteiger partial charge >= 0.3 is 0 Å². The normalized spacial score (nSPS) is 12.4. The fourth-order valence-corrected chi connectivity index (χ4v) is 2.20. The lowest BCUT2D eigenvalue weighted by molar-refractivity contribution is 0.410. The molecule has 1 aromatic heterocycles. The second-order valence-electron chi connectivity index (χ2n) is 4.67. The number of aromatic nitrogens is 2. The molecule has 0 saturated heterocycles. The zero-order chi connectivity index (χ0) is 13.8. The van der Waals surface area contributed by atoms with E-state index in [1.807, 2.05) is 31.5 Å². The summed E-state index contributed by atoms with van der Waals surface area (Å²) in [4.78, 5) is 4.36. The Hall–Kier alpha value is -1.81. The maximum atomic E-state index is 6.27. The molecule has 1 aromatic carbocycles. The number of imidazole rings is 1. The van der Waals surface area contributed by atoms with Gasteiger partial charge in [0.05, 0.1) is 7.11 Å². The van der Waals surface area contributed by atoms with Crippen LogP contribution in [0.25, 0.3) is 0 Å². The van der Waals surface area contributed by atoms with Crippen LogP contribution < -0.4 is 10.5 Å². The number of methoxy groups -OCH3 is 1. The minimum Gasteiger partial charge on any atom is -0.496 e. The predicted octanol–water partition coefficient (Wildman–Crippen LogP) is 2.46. The molecule has 2 N–H and O–H groups in total. The van der Waals surface area contributed by atoms with E-state index in [-0.39, 0.29) is 6.04 Å². The number of rotatable bonds is 5. The monoisotopic (exact) mass is 259 g/mol. The van der Waals surface area contributed by atoms with Gasteiger partial charge in [-0.3, -0.25) is 0 Å². The SMILES string of the molecule is CCn1ccnc1CC(N)c1ccc(C)c(OC)c1. The van der Waals surface area contributed by atoms with Gasteiger partial charge in [0.2, 0.25) is 0 Å². The summed E-state index contributed by atoms with van der Waals surface area (Å²) in [6, 6.07) is 6.04. The van der Waals surface area contributed by atoms with E-state index in [0.717, 1.165) is 35.7 Å². The zero-order valence-corrected chi connectivity index (χ0v) is 11.8. The largest absolute Gasteiger partial charge is 0.496 e. The standard InChI is InChI=1S/C15H21N3O/c1-4-18-8-7-17-15(18)10-13(16)12-6-5-11(2)14(9-12)19-3/h5-9,13H,4,10,16H2,1-3H3. The molecular formula is C15H21N3O. The van der Waals surface area contributed by atoms with Crippen molar-refractivity contribution >= 4 is 0 Å². The minimum absolute atomic E-state index is 0.0674. The summed E-state index contributed by atoms with van der Waals surface area (Å²) in [5.74, 6) is 1.90. The van der Waals surface area contributed by atoms with Crippen molar-refractivity contribution < 1.29 is 4.74 Å². The van der Waals surface area contributed by atoms with E-state index >= 15 is 0 Å². The summed E-state index contributed by atoms with van der Waals surface area (Å²) in [7, 11) is 1.68. The molecule has 1 atom stereocenters. The maximum absolute atomic E-state index is 6.27. The highest BCUT2D eigenvalue weighted by atomic mass is 16.5. The fraction of sp³-hybridized carbons (Fsp3) is 0.400. The first kappa shape index (κ1) is 13.6. The smallest absolute Gasteiger partial charge is 0.122 e. The van der Waals surface area contributed by atoms with Crippen LogP contribution in [0.2, 0.25) is 0 Å². The van der Waals surface area contributed by atoms with Gasteiger partial charge in [-0.15, -0.1) is 0 Å². The zero-order valence-electron chi connectivity index (χ0n) is 11.8. The van der Waals surface area contributed by atoms with Crippen LogP contribution in [0.4, 0.5) is 0 Å². The van der Waals surface area contributed by atoms with Gasteiger partial charge in [-0.1, -0.05) is 12.1 Å². The first-order valence-corrected chi connectivity index (χ1v) is 6.55. The number of nitrogens with two attached hydrogens (primary N) is 1. The van der Waals surface area contributed by atoms with Crippen LogP contribution in [-0.4, -0.2) is 16.7 Å². The molecule has 0 aliphatic heterocycles. The topological polar surface area (TPSA) is 53.1 Å². The van der Waals surface area contributed by atoms with Gasteiger partial charge in [-0.25, -0.2) is 4.98 Å². The highest BCUT2D eigenvalue weighted by Crippen LogP contribution is 2.23. The van der Waals surface area contributed by atoms with E-state index in [0.29, 0.717) is 0 Å². The third-order valence-electron chi connectivity index (χ3n) is 3.41. The molecule has 0 fully saturated rings. The average molecular weight is 259 g/mol. The third kappa shape index (κ3) is 2.96. The van der Waals surface area contributed by atoms with Crippen molar-refractivity contribution in [2.75, 3.05) is 7.11 Å². The second-order valence-corrected chi connectivity index (χ2v) is 4.67. The van der Waals surface area contributed by atoms with Crippen LogP contribution in [-0.2, 0) is 13.0 Å². The Morgan fingerprint density at radius 1 is 1.42 bits per heavy atom. The molecule has 0 bridgehead atoms. The number of ether oxygens (including phenoxy) is 1. The summed E-state index contributed by atoms with van der Waals surface area (Å²) in [6.07, 6.45) is 4.53. The van der Waals surface area contributed by atoms with Gasteiger partial charge in [-0.05, 0) is 31.0 Å². The van der Waals surface area contributed by atoms with E-state index in [1.165, 1.54) is 0 Å². The molecule has 0 radical (unpaired) electrons. The van der Waals surface area contributed by atoms with Crippen molar-refractivity contribution in [3.8, 4) is 5.75 Å². The Labute approximate surface area is 114 Å². The highest BCUT2D eigenvalue weighted by Gasteiger charge is 2.12. The van der Waals surface area contributed by atoms with Gasteiger partial charge in [0.15, 0.2) is 0 Å². The third-order valence-corrected chi connectivity index (χ3v) is 3.41. The molecule has 0 aliphatic rings. The molecule has 2 rings (SSSR count). The molecule has 0 amide bonds. The van der Waals surface area contributed by atoms with Crippen LogP contribution >= 0.6 is 0 Å². The summed E-state index contributed by atoms with van der Waals surface area (Å²) < 4.78 is 7.46. The molecule has 19 heavy (non-hydrogen) atoms. The van der Waals surface area contributed by atoms with E-state index in [2.05, 4.69) is 22.5 Å². The van der Waals surface area contributed by atoms with Gasteiger partial charge < -0.3 is 15.0 Å². The molecular weight excluding hydrogens is 238 g/mol. The molecule has 4 nitrogen and oxygen atoms in total. The summed E-state index contributed by atoms with van der Waals surface area (Å²) >= 11 is 0. The molecule has 1 heterocycles. The van der Waals surface area contributed by atoms with Crippen molar-refractivity contribution in [2.24, 2.45) is 5.73 Å². The van der Waals surface area contributed by atoms with Gasteiger partial charge in [-0.2, -0.15) is 0 Å². The first-order chi connectivity index (χ1) is 9.15. The Balaban J connectivity index is 2.18. The number of hydrogen-bond acceptors (Lipinski definition) is 3. The molecule has 102 valence electrons. The minimum atomic E-state index is -0.0674. The van der Waals surface area contributed by atoms with Crippen LogP contribution in [0.1, 0.15) is 29.9 Å². The molecule has 0 aliphatic carbocycles. The molecule has 2 aromatic rings.